The van der Waals surface area contributed by atoms with E-state index >= 15 is 0 Å². The van der Waals surface area contributed by atoms with Gasteiger partial charge in [0.05, 0.1) is 0 Å². The van der Waals surface area contributed by atoms with Crippen LogP contribution in [0, 0.1) is 11.3 Å². The first-order valence-corrected chi connectivity index (χ1v) is 13.1. The van der Waals surface area contributed by atoms with Crippen LogP contribution < -0.4 is 5.32 Å². The van der Waals surface area contributed by atoms with Crippen LogP contribution in [0.4, 0.5) is 4.79 Å². The van der Waals surface area contributed by atoms with Gasteiger partial charge in [0.1, 0.15) is 5.60 Å². The van der Waals surface area contributed by atoms with E-state index in [4.69, 9.17) is 9.16 Å². The topological polar surface area (TPSA) is 84.9 Å². The average molecular weight is 436 g/mol. The zero-order valence-electron chi connectivity index (χ0n) is 19.5. The van der Waals surface area contributed by atoms with Crippen molar-refractivity contribution in [2.24, 2.45) is 11.3 Å². The minimum Gasteiger partial charge on any atom is -0.542 e. The van der Waals surface area contributed by atoms with Crippen LogP contribution in [0.25, 0.3) is 0 Å². The number of nitrogens with one attached hydrogen (secondary N) is 1. The zero-order valence-corrected chi connectivity index (χ0v) is 20.6. The Labute approximate surface area is 182 Å². The molecule has 0 spiro atoms. The summed E-state index contributed by atoms with van der Waals surface area (Å²) in [6.07, 6.45) is 1.66. The number of hydrogen-bond acceptors (Lipinski definition) is 4. The highest BCUT2D eigenvalue weighted by molar-refractivity contribution is 6.49. The number of carbonyl (C=O) groups is 2. The molecule has 1 rings (SSSR count). The summed E-state index contributed by atoms with van der Waals surface area (Å²) in [6, 6.07) is 9.42. The third-order valence-electron chi connectivity index (χ3n) is 4.34. The number of rotatable bonds is 8. The predicted molar refractivity (Wildman–Crippen MR) is 122 cm³/mol. The van der Waals surface area contributed by atoms with Crippen LogP contribution in [0.15, 0.2) is 42.2 Å². The molecule has 0 bridgehead atoms. The molecular formula is C23H37NO5Si. The van der Waals surface area contributed by atoms with Crippen molar-refractivity contribution in [1.82, 2.24) is 5.32 Å². The molecule has 1 aromatic rings. The van der Waals surface area contributed by atoms with Gasteiger partial charge in [-0.3, -0.25) is 0 Å². The highest BCUT2D eigenvalue weighted by atomic mass is 28.3. The molecule has 0 saturated heterocycles. The summed E-state index contributed by atoms with van der Waals surface area (Å²) < 4.78 is 11.2. The maximum absolute atomic E-state index is 12.6. The molecule has 0 saturated carbocycles. The van der Waals surface area contributed by atoms with E-state index in [0.29, 0.717) is 6.42 Å². The number of alkyl carbamates (subject to hydrolysis) is 1. The van der Waals surface area contributed by atoms with Crippen molar-refractivity contribution in [3.63, 3.8) is 0 Å². The average Bonchev–Trinajstić information content (AvgIpc) is 2.55. The number of amides is 1. The normalized spacial score (nSPS) is 14.8. The Bertz CT molecular complexity index is 732. The van der Waals surface area contributed by atoms with Crippen LogP contribution in [0.2, 0.25) is 13.1 Å². The van der Waals surface area contributed by atoms with Crippen molar-refractivity contribution in [2.75, 3.05) is 0 Å². The van der Waals surface area contributed by atoms with Gasteiger partial charge in [-0.05, 0) is 57.3 Å². The van der Waals surface area contributed by atoms with Crippen LogP contribution in [0.1, 0.15) is 47.1 Å². The Balaban J connectivity index is 3.36. The molecule has 0 fully saturated rings. The summed E-state index contributed by atoms with van der Waals surface area (Å²) in [5.41, 5.74) is 0.0709. The summed E-state index contributed by atoms with van der Waals surface area (Å²) in [5.74, 6) is -1.45. The number of carboxylic acid groups (broad SMARTS) is 1. The monoisotopic (exact) mass is 435 g/mol. The van der Waals surface area contributed by atoms with Crippen LogP contribution in [0.5, 0.6) is 0 Å². The Morgan fingerprint density at radius 2 is 1.67 bits per heavy atom. The molecule has 2 N–H and O–H groups in total. The van der Waals surface area contributed by atoms with Crippen LogP contribution in [-0.4, -0.2) is 37.9 Å². The van der Waals surface area contributed by atoms with Gasteiger partial charge < -0.3 is 19.6 Å². The van der Waals surface area contributed by atoms with Crippen LogP contribution >= 0.6 is 0 Å². The van der Waals surface area contributed by atoms with Crippen molar-refractivity contribution in [3.05, 3.63) is 47.7 Å². The maximum Gasteiger partial charge on any atom is 0.407 e. The molecule has 1 aromatic carbocycles. The molecule has 2 unspecified atom stereocenters. The maximum atomic E-state index is 12.6. The van der Waals surface area contributed by atoms with E-state index in [0.717, 1.165) is 5.56 Å². The number of ether oxygens (including phenoxy) is 1. The predicted octanol–water partition coefficient (Wildman–Crippen LogP) is 4.75. The Hall–Kier alpha value is -2.28. The van der Waals surface area contributed by atoms with Gasteiger partial charge in [0, 0.05) is 12.0 Å². The minimum absolute atomic E-state index is 0.0550. The summed E-state index contributed by atoms with van der Waals surface area (Å²) >= 11 is 0. The fraction of sp³-hybridized carbons (Fsp3) is 0.565. The van der Waals surface area contributed by atoms with Gasteiger partial charge >= 0.3 is 12.1 Å². The first-order chi connectivity index (χ1) is 13.7. The summed E-state index contributed by atoms with van der Waals surface area (Å²) in [7, 11) is -1.62. The van der Waals surface area contributed by atoms with Gasteiger partial charge in [-0.1, -0.05) is 51.1 Å². The number of carboxylic acids is 1. The van der Waals surface area contributed by atoms with Crippen molar-refractivity contribution in [2.45, 2.75) is 72.7 Å². The first kappa shape index (κ1) is 25.8. The third kappa shape index (κ3) is 9.48. The van der Waals surface area contributed by atoms with Gasteiger partial charge in [0.2, 0.25) is 9.04 Å². The lowest BCUT2D eigenvalue weighted by Crippen LogP contribution is -2.47. The van der Waals surface area contributed by atoms with E-state index in [-0.39, 0.29) is 23.1 Å². The van der Waals surface area contributed by atoms with Crippen molar-refractivity contribution < 1.29 is 23.9 Å². The number of carbonyl (C=O) groups excluding carboxylic acids is 1. The van der Waals surface area contributed by atoms with Gasteiger partial charge in [-0.15, -0.1) is 0 Å². The van der Waals surface area contributed by atoms with E-state index in [1.807, 2.05) is 85.0 Å². The van der Waals surface area contributed by atoms with Crippen molar-refractivity contribution >= 4 is 21.1 Å². The fourth-order valence-electron chi connectivity index (χ4n) is 3.14. The largest absolute Gasteiger partial charge is 0.542 e. The molecule has 7 heteroatoms. The second kappa shape index (κ2) is 10.7. The molecule has 0 aromatic heterocycles. The molecule has 168 valence electrons. The molecule has 0 radical (unpaired) electrons. The molecule has 6 nitrogen and oxygen atoms in total. The van der Waals surface area contributed by atoms with Gasteiger partial charge in [-0.2, -0.15) is 0 Å². The molecule has 2 atom stereocenters. The molecule has 0 aliphatic carbocycles. The molecule has 0 aliphatic heterocycles. The van der Waals surface area contributed by atoms with Crippen LogP contribution in [0.3, 0.4) is 0 Å². The third-order valence-corrected chi connectivity index (χ3v) is 5.06. The molecule has 1 amide bonds. The standard InChI is InChI=1S/C23H37NO5Si/c1-22(2,3)17(15-19(20(25)26)29-30(7)8)18(14-16-12-10-9-11-13-16)24-21(27)28-23(4,5)6/h9-13,15,17-18,30H,14H2,1-8H3,(H,24,27)(H,25,26)/b19-15-. The summed E-state index contributed by atoms with van der Waals surface area (Å²) in [4.78, 5) is 24.4. The van der Waals surface area contributed by atoms with Crippen molar-refractivity contribution in [3.8, 4) is 0 Å². The second-order valence-corrected chi connectivity index (χ2v) is 12.2. The van der Waals surface area contributed by atoms with Gasteiger partial charge in [0.25, 0.3) is 0 Å². The molecule has 0 aliphatic rings. The molecule has 30 heavy (non-hydrogen) atoms. The minimum atomic E-state index is -1.62. The molecular weight excluding hydrogens is 398 g/mol. The Morgan fingerprint density at radius 3 is 2.10 bits per heavy atom. The first-order valence-electron chi connectivity index (χ1n) is 10.3. The molecule has 0 heterocycles. The number of aliphatic carboxylic acids is 1. The lowest BCUT2D eigenvalue weighted by Gasteiger charge is -2.36. The quantitative estimate of drug-likeness (QED) is 0.350. The SMILES string of the molecule is C[SiH](C)O/C(=C\C(C(Cc1ccccc1)NC(=O)OC(C)(C)C)C(C)(C)C)C(=O)O. The fourth-order valence-corrected chi connectivity index (χ4v) is 3.83. The van der Waals surface area contributed by atoms with Gasteiger partial charge in [0.15, 0.2) is 5.76 Å². The summed E-state index contributed by atoms with van der Waals surface area (Å²) in [6.45, 7) is 15.3. The number of benzene rings is 1. The van der Waals surface area contributed by atoms with Crippen LogP contribution in [-0.2, 0) is 20.4 Å². The smallest absolute Gasteiger partial charge is 0.407 e. The number of hydrogen-bond donors (Lipinski definition) is 2. The summed E-state index contributed by atoms with van der Waals surface area (Å²) in [5, 5.41) is 12.6. The zero-order chi connectivity index (χ0) is 23.1. The highest BCUT2D eigenvalue weighted by Gasteiger charge is 2.34. The Kier molecular flexibility index (Phi) is 9.15. The lowest BCUT2D eigenvalue weighted by molar-refractivity contribution is -0.135. The van der Waals surface area contributed by atoms with E-state index in [1.165, 1.54) is 0 Å². The lowest BCUT2D eigenvalue weighted by atomic mass is 9.74. The Morgan fingerprint density at radius 1 is 1.10 bits per heavy atom. The highest BCUT2D eigenvalue weighted by Crippen LogP contribution is 2.33. The van der Waals surface area contributed by atoms with E-state index < -0.39 is 26.7 Å². The van der Waals surface area contributed by atoms with Crippen molar-refractivity contribution in [1.29, 1.82) is 0 Å². The van der Waals surface area contributed by atoms with E-state index in [1.54, 1.807) is 6.08 Å². The van der Waals surface area contributed by atoms with E-state index in [9.17, 15) is 14.7 Å². The second-order valence-electron chi connectivity index (χ2n) is 9.84. The van der Waals surface area contributed by atoms with Gasteiger partial charge in [-0.25, -0.2) is 9.59 Å². The van der Waals surface area contributed by atoms with E-state index in [2.05, 4.69) is 5.32 Å².